The number of aliphatic hydroxyl groups excluding tert-OH is 3. The van der Waals surface area contributed by atoms with Crippen molar-refractivity contribution in [2.24, 2.45) is 0 Å². The zero-order valence-electron chi connectivity index (χ0n) is 63.7. The molecule has 42 nitrogen and oxygen atoms in total. The molecule has 18 atom stereocenters. The number of nitrogens with zero attached hydrogens (tertiary/aromatic N) is 3. The highest BCUT2D eigenvalue weighted by molar-refractivity contribution is 8.56. The second kappa shape index (κ2) is 43.6. The van der Waals surface area contributed by atoms with Gasteiger partial charge in [0.15, 0.2) is 18.7 Å². The minimum Gasteiger partial charge on any atom is -0.466 e. The van der Waals surface area contributed by atoms with Gasteiger partial charge in [-0.3, -0.25) is 85.5 Å². The lowest BCUT2D eigenvalue weighted by atomic mass is 9.96. The van der Waals surface area contributed by atoms with E-state index >= 15 is 0 Å². The van der Waals surface area contributed by atoms with Crippen molar-refractivity contribution in [1.82, 2.24) is 43.9 Å². The van der Waals surface area contributed by atoms with Gasteiger partial charge < -0.3 is 86.8 Å². The van der Waals surface area contributed by atoms with Crippen LogP contribution in [-0.2, 0) is 98.7 Å². The Morgan fingerprint density at radius 2 is 0.676 bits per heavy atom. The van der Waals surface area contributed by atoms with E-state index in [4.69, 9.17) is 56.2 Å². The number of carbonyl (C=O) groups excluding carboxylic acids is 6. The second-order valence-corrected chi connectivity index (χ2v) is 39.4. The van der Waals surface area contributed by atoms with Gasteiger partial charge in [-0.05, 0) is 104 Å². The first kappa shape index (κ1) is 97.4. The third kappa shape index (κ3) is 29.4. The minimum atomic E-state index is -3.91. The highest BCUT2D eigenvalue weighted by Gasteiger charge is 2.57. The Hall–Kier alpha value is -6.00. The van der Waals surface area contributed by atoms with Crippen molar-refractivity contribution in [2.45, 2.75) is 232 Å². The third-order valence-corrected chi connectivity index (χ3v) is 27.9. The van der Waals surface area contributed by atoms with Crippen LogP contribution < -0.4 is 49.0 Å². The smallest absolute Gasteiger partial charge is 0.330 e. The molecule has 6 rings (SSSR count). The Bertz CT molecular complexity index is 3720. The fourth-order valence-electron chi connectivity index (χ4n) is 10.1. The van der Waals surface area contributed by atoms with Gasteiger partial charge in [0, 0.05) is 54.0 Å². The van der Waals surface area contributed by atoms with E-state index in [9.17, 15) is 102 Å². The van der Waals surface area contributed by atoms with Crippen molar-refractivity contribution >= 4 is 90.1 Å². The molecule has 0 bridgehead atoms. The van der Waals surface area contributed by atoms with Crippen molar-refractivity contribution in [2.75, 3.05) is 56.9 Å². The van der Waals surface area contributed by atoms with Crippen LogP contribution in [0.15, 0.2) is 65.6 Å². The molecule has 3 aliphatic heterocycles. The average Bonchev–Trinajstić information content (AvgIpc) is 1.63. The van der Waals surface area contributed by atoms with Crippen LogP contribution in [0.5, 0.6) is 0 Å². The molecular weight excluding hydrogens is 1600 g/mol. The van der Waals surface area contributed by atoms with E-state index in [1.54, 1.807) is 62.3 Å². The molecule has 0 spiro atoms. The summed E-state index contributed by atoms with van der Waals surface area (Å²) in [4.78, 5) is 149. The first-order chi connectivity index (χ1) is 51.6. The number of hydrogen-bond acceptors (Lipinski definition) is 36. The number of nitrogens with one attached hydrogen (secondary N) is 6. The summed E-state index contributed by atoms with van der Waals surface area (Å²) in [7, 11) is 0. The molecule has 3 aromatic heterocycles. The maximum absolute atomic E-state index is 13.6. The Morgan fingerprint density at radius 1 is 0.450 bits per heavy atom. The first-order valence-corrected chi connectivity index (χ1v) is 44.5. The molecule has 1 unspecified atom stereocenters. The van der Waals surface area contributed by atoms with E-state index in [1.807, 2.05) is 15.0 Å². The van der Waals surface area contributed by atoms with Gasteiger partial charge in [0.25, 0.3) is 16.7 Å². The van der Waals surface area contributed by atoms with Crippen molar-refractivity contribution in [3.8, 4) is 0 Å². The number of rotatable bonds is 39. The molecule has 0 amide bonds. The summed E-state index contributed by atoms with van der Waals surface area (Å²) in [5, 5.41) is 72.3. The van der Waals surface area contributed by atoms with Gasteiger partial charge in [-0.15, -0.1) is 0 Å². The second-order valence-electron chi connectivity index (χ2n) is 26.2. The van der Waals surface area contributed by atoms with Gasteiger partial charge in [0.1, 0.15) is 71.6 Å². The van der Waals surface area contributed by atoms with Crippen molar-refractivity contribution in [3.05, 3.63) is 99.3 Å². The number of aromatic amines is 3. The molecule has 0 saturated carbocycles. The lowest BCUT2D eigenvalue weighted by molar-refractivity contribution is -0.149. The van der Waals surface area contributed by atoms with Crippen LogP contribution >= 0.6 is 54.3 Å². The third-order valence-electron chi connectivity index (χ3n) is 15.6. The van der Waals surface area contributed by atoms with E-state index in [2.05, 4.69) is 15.3 Å². The highest BCUT2D eigenvalue weighted by atomic mass is 32.7. The fraction of sp³-hybridized carbons (Fsp3) is 0.714. The molecule has 12 N–H and O–H groups in total. The zero-order chi connectivity index (χ0) is 83.9. The van der Waals surface area contributed by atoms with Gasteiger partial charge in [-0.25, -0.2) is 29.6 Å². The number of aliphatic hydroxyl groups is 6. The average molecular weight is 1700 g/mol. The summed E-state index contributed by atoms with van der Waals surface area (Å²) in [6.45, 7) is 10.1. The predicted molar refractivity (Wildman–Crippen MR) is 399 cm³/mol. The molecular formula is C63H102N9O33P3S3. The quantitative estimate of drug-likeness (QED) is 0.0214. The summed E-state index contributed by atoms with van der Waals surface area (Å²) in [5.74, 6) is -3.48. The molecule has 3 aliphatic rings. The van der Waals surface area contributed by atoms with Gasteiger partial charge >= 0.3 is 73.0 Å². The van der Waals surface area contributed by atoms with Crippen molar-refractivity contribution < 1.29 is 129 Å². The number of H-pyrrole nitrogens is 3. The van der Waals surface area contributed by atoms with Crippen LogP contribution in [0.1, 0.15) is 142 Å². The Kier molecular flexibility index (Phi) is 38.3. The molecule has 3 aromatic rings. The summed E-state index contributed by atoms with van der Waals surface area (Å²) in [6, 6.07) is 0.00224. The topological polar surface area (TPSA) is 586 Å². The molecule has 3 saturated heterocycles. The summed E-state index contributed by atoms with van der Waals surface area (Å²) in [6.07, 6.45) is -10.9. The zero-order valence-corrected chi connectivity index (χ0v) is 68.9. The normalized spacial score (nSPS) is 26.0. The maximum Gasteiger partial charge on any atom is 0.330 e. The SMILES string of the molecule is CCOC(=O)CCSP(=O)(N[C@@H](C)C(=O)OC(C)C)OC[C@H]1O[C@@H](n2ccc(=O)[nH]c2=O)[C@](C)(O)[C@@H]1O.CCOC(=O)CCS[P@@](=O)(N[C@@H](C)C(=O)OC(C)C)OC[C@H]1O[C@@H](n2ccc(=O)[nH]c2=O)[C@](C)(O)[C@@H]1O.CCOC(=O)CCS[P@](=O)(N[C@@H](C)C(=O)OC(C)C)OC[C@H]1O[C@@H](n2ccc(=O)[nH]c2=O)[C@](C)(O)[C@@H]1O. The molecule has 48 heteroatoms. The summed E-state index contributed by atoms with van der Waals surface area (Å²) >= 11 is 2.24. The molecule has 111 heavy (non-hydrogen) atoms. The Labute approximate surface area is 648 Å². The van der Waals surface area contributed by atoms with Crippen LogP contribution in [0.2, 0.25) is 0 Å². The van der Waals surface area contributed by atoms with E-state index < -0.39 is 218 Å². The Morgan fingerprint density at radius 3 is 0.874 bits per heavy atom. The van der Waals surface area contributed by atoms with Gasteiger partial charge in [-0.2, -0.15) is 0 Å². The van der Waals surface area contributed by atoms with Gasteiger partial charge in [0.2, 0.25) is 0 Å². The maximum atomic E-state index is 13.6. The van der Waals surface area contributed by atoms with Crippen LogP contribution in [0, 0.1) is 0 Å². The standard InChI is InChI=1S/3C21H34N3O11PS/c3*1-6-32-16(26)8-10-37-36(31,23-13(4)18(28)34-12(2)3)33-11-14-17(27)21(5,30)19(35-14)24-9-7-15(25)22-20(24)29/h3*7,9,12-14,17,19,27,30H,6,8,10-11H2,1-5H3,(H,23,31)(H,22,25,29)/t13-,14+,17+,19+,21+,36?;13-,14+,17+,19+,21+,36+;13-,14+,17+,19+,21+,36-/m000/s1. The largest absolute Gasteiger partial charge is 0.466 e. The molecule has 3 fully saturated rings. The summed E-state index contributed by atoms with van der Waals surface area (Å²) < 4.78 is 107. The van der Waals surface area contributed by atoms with Gasteiger partial charge in [-0.1, -0.05) is 34.1 Å². The number of esters is 6. The lowest BCUT2D eigenvalue weighted by Gasteiger charge is -2.27. The molecule has 0 radical (unpaired) electrons. The van der Waals surface area contributed by atoms with Crippen molar-refractivity contribution in [1.29, 1.82) is 0 Å². The molecule has 630 valence electrons. The van der Waals surface area contributed by atoms with E-state index in [0.29, 0.717) is 0 Å². The molecule has 6 heterocycles. The first-order valence-electron chi connectivity index (χ1n) is 34.8. The number of carbonyl (C=O) groups is 6. The molecule has 0 aromatic carbocycles. The van der Waals surface area contributed by atoms with Gasteiger partial charge in [0.05, 0.1) is 77.2 Å². The summed E-state index contributed by atoms with van der Waals surface area (Å²) in [5.41, 5.74) is -10.5. The lowest BCUT2D eigenvalue weighted by Crippen LogP contribution is -2.47. The minimum absolute atomic E-state index is 0.0241. The van der Waals surface area contributed by atoms with Crippen LogP contribution in [-0.4, -0.2) is 242 Å². The highest BCUT2D eigenvalue weighted by Crippen LogP contribution is 2.59. The molecule has 0 aliphatic carbocycles. The number of ether oxygens (including phenoxy) is 9. The monoisotopic (exact) mass is 1700 g/mol. The van der Waals surface area contributed by atoms with Crippen LogP contribution in [0.3, 0.4) is 0 Å². The number of aromatic nitrogens is 6. The van der Waals surface area contributed by atoms with E-state index in [0.717, 1.165) is 84.6 Å². The predicted octanol–water partition coefficient (Wildman–Crippen LogP) is 0.860. The van der Waals surface area contributed by atoms with Crippen LogP contribution in [0.4, 0.5) is 0 Å². The van der Waals surface area contributed by atoms with Crippen LogP contribution in [0.25, 0.3) is 0 Å². The van der Waals surface area contributed by atoms with E-state index in [-0.39, 0.29) is 56.3 Å². The Balaban J connectivity index is 0.000000351. The van der Waals surface area contributed by atoms with Crippen molar-refractivity contribution in [3.63, 3.8) is 0 Å². The number of hydrogen-bond donors (Lipinski definition) is 12. The van der Waals surface area contributed by atoms with E-state index in [1.165, 1.54) is 41.5 Å². The fourth-order valence-corrected chi connectivity index (χ4v) is 21.4.